The molecule has 0 aromatic heterocycles. The molecule has 0 aliphatic heterocycles. The zero-order valence-electron chi connectivity index (χ0n) is 12.6. The van der Waals surface area contributed by atoms with Gasteiger partial charge in [-0.05, 0) is 57.7 Å². The Morgan fingerprint density at radius 1 is 1.16 bits per heavy atom. The average Bonchev–Trinajstić information content (AvgIpc) is 2.46. The van der Waals surface area contributed by atoms with Crippen molar-refractivity contribution in [1.82, 2.24) is 4.90 Å². The van der Waals surface area contributed by atoms with Gasteiger partial charge in [0.05, 0.1) is 0 Å². The van der Waals surface area contributed by atoms with Crippen molar-refractivity contribution in [2.45, 2.75) is 51.6 Å². The second-order valence-electron chi connectivity index (χ2n) is 6.18. The van der Waals surface area contributed by atoms with Crippen LogP contribution < -0.4 is 5.32 Å². The Morgan fingerprint density at radius 3 is 2.42 bits per heavy atom. The maximum absolute atomic E-state index is 3.53. The molecule has 0 bridgehead atoms. The Labute approximate surface area is 118 Å². The summed E-state index contributed by atoms with van der Waals surface area (Å²) in [5, 5.41) is 3.53. The van der Waals surface area contributed by atoms with Gasteiger partial charge in [-0.1, -0.05) is 25.1 Å². The molecule has 0 radical (unpaired) electrons. The first-order valence-corrected chi connectivity index (χ1v) is 7.67. The van der Waals surface area contributed by atoms with Gasteiger partial charge in [0.15, 0.2) is 0 Å². The summed E-state index contributed by atoms with van der Waals surface area (Å²) in [7, 11) is 2.29. The summed E-state index contributed by atoms with van der Waals surface area (Å²) in [6.45, 7) is 5.73. The van der Waals surface area contributed by atoms with Crippen molar-refractivity contribution in [3.05, 3.63) is 30.3 Å². The molecule has 1 atom stereocenters. The molecule has 2 heteroatoms. The van der Waals surface area contributed by atoms with Gasteiger partial charge >= 0.3 is 0 Å². The third-order valence-electron chi connectivity index (χ3n) is 4.63. The largest absolute Gasteiger partial charge is 0.383 e. The number of hydrogen-bond acceptors (Lipinski definition) is 2. The maximum Gasteiger partial charge on any atom is 0.0340 e. The van der Waals surface area contributed by atoms with Crippen molar-refractivity contribution in [3.63, 3.8) is 0 Å². The number of hydrogen-bond donors (Lipinski definition) is 1. The van der Waals surface area contributed by atoms with Crippen LogP contribution in [0.25, 0.3) is 0 Å². The highest BCUT2D eigenvalue weighted by molar-refractivity contribution is 5.42. The molecule has 0 heterocycles. The summed E-state index contributed by atoms with van der Waals surface area (Å²) in [4.78, 5) is 2.57. The van der Waals surface area contributed by atoms with E-state index in [1.165, 1.54) is 31.4 Å². The highest BCUT2D eigenvalue weighted by Crippen LogP contribution is 2.27. The fraction of sp³-hybridized carbons (Fsp3) is 0.647. The van der Waals surface area contributed by atoms with Gasteiger partial charge in [0, 0.05) is 24.3 Å². The zero-order valence-corrected chi connectivity index (χ0v) is 12.6. The molecule has 1 aliphatic carbocycles. The number of nitrogens with zero attached hydrogens (tertiary/aromatic N) is 1. The highest BCUT2D eigenvalue weighted by atomic mass is 15.2. The summed E-state index contributed by atoms with van der Waals surface area (Å²) in [5.41, 5.74) is 1.22. The molecule has 1 aliphatic rings. The summed E-state index contributed by atoms with van der Waals surface area (Å²) in [6.07, 6.45) is 5.53. The number of rotatable bonds is 5. The molecule has 1 unspecified atom stereocenters. The minimum Gasteiger partial charge on any atom is -0.383 e. The van der Waals surface area contributed by atoms with Crippen LogP contribution in [0.2, 0.25) is 0 Å². The molecule has 1 aromatic carbocycles. The van der Waals surface area contributed by atoms with Crippen LogP contribution in [0.3, 0.4) is 0 Å². The molecule has 1 saturated carbocycles. The number of anilines is 1. The SMILES string of the molecule is CC1CCC(N(C)C(C)CNc2ccccc2)CC1. The fourth-order valence-corrected chi connectivity index (χ4v) is 2.98. The molecule has 1 N–H and O–H groups in total. The first-order valence-electron chi connectivity index (χ1n) is 7.67. The van der Waals surface area contributed by atoms with Gasteiger partial charge < -0.3 is 5.32 Å². The van der Waals surface area contributed by atoms with E-state index in [2.05, 4.69) is 61.4 Å². The van der Waals surface area contributed by atoms with Gasteiger partial charge in [0.25, 0.3) is 0 Å². The van der Waals surface area contributed by atoms with E-state index in [0.29, 0.717) is 6.04 Å². The van der Waals surface area contributed by atoms with E-state index < -0.39 is 0 Å². The van der Waals surface area contributed by atoms with Crippen LogP contribution >= 0.6 is 0 Å². The lowest BCUT2D eigenvalue weighted by molar-refractivity contribution is 0.136. The smallest absolute Gasteiger partial charge is 0.0340 e. The van der Waals surface area contributed by atoms with Crippen LogP contribution in [0.4, 0.5) is 5.69 Å². The molecule has 2 rings (SSSR count). The predicted molar refractivity (Wildman–Crippen MR) is 83.6 cm³/mol. The Balaban J connectivity index is 1.77. The van der Waals surface area contributed by atoms with E-state index >= 15 is 0 Å². The molecule has 19 heavy (non-hydrogen) atoms. The molecule has 106 valence electrons. The molecule has 1 fully saturated rings. The van der Waals surface area contributed by atoms with Crippen LogP contribution in [0, 0.1) is 5.92 Å². The molecule has 2 nitrogen and oxygen atoms in total. The number of nitrogens with one attached hydrogen (secondary N) is 1. The summed E-state index contributed by atoms with van der Waals surface area (Å²) < 4.78 is 0. The second kappa shape index (κ2) is 6.95. The average molecular weight is 260 g/mol. The Morgan fingerprint density at radius 2 is 1.79 bits per heavy atom. The molecular weight excluding hydrogens is 232 g/mol. The third kappa shape index (κ3) is 4.24. The topological polar surface area (TPSA) is 15.3 Å². The predicted octanol–water partition coefficient (Wildman–Crippen LogP) is 4.00. The summed E-state index contributed by atoms with van der Waals surface area (Å²) >= 11 is 0. The van der Waals surface area contributed by atoms with Crippen molar-refractivity contribution in [1.29, 1.82) is 0 Å². The molecule has 0 amide bonds. The van der Waals surface area contributed by atoms with Crippen molar-refractivity contribution in [2.75, 3.05) is 18.9 Å². The van der Waals surface area contributed by atoms with Crippen LogP contribution in [-0.2, 0) is 0 Å². The molecule has 0 saturated heterocycles. The van der Waals surface area contributed by atoms with Crippen LogP contribution in [-0.4, -0.2) is 30.6 Å². The number of para-hydroxylation sites is 1. The summed E-state index contributed by atoms with van der Waals surface area (Å²) in [5.74, 6) is 0.933. The van der Waals surface area contributed by atoms with E-state index in [9.17, 15) is 0 Å². The highest BCUT2D eigenvalue weighted by Gasteiger charge is 2.24. The lowest BCUT2D eigenvalue weighted by atomic mass is 9.86. The molecular formula is C17H28N2. The zero-order chi connectivity index (χ0) is 13.7. The van der Waals surface area contributed by atoms with E-state index in [-0.39, 0.29) is 0 Å². The van der Waals surface area contributed by atoms with E-state index in [1.54, 1.807) is 0 Å². The normalized spacial score (nSPS) is 25.3. The van der Waals surface area contributed by atoms with E-state index in [4.69, 9.17) is 0 Å². The Kier molecular flexibility index (Phi) is 5.26. The van der Waals surface area contributed by atoms with Gasteiger partial charge in [-0.15, -0.1) is 0 Å². The standard InChI is InChI=1S/C17H28N2/c1-14-9-11-17(12-10-14)19(3)15(2)13-18-16-7-5-4-6-8-16/h4-8,14-15,17-18H,9-13H2,1-3H3. The lowest BCUT2D eigenvalue weighted by Crippen LogP contribution is -2.43. The molecule has 1 aromatic rings. The first kappa shape index (κ1) is 14.4. The van der Waals surface area contributed by atoms with E-state index in [0.717, 1.165) is 18.5 Å². The van der Waals surface area contributed by atoms with Crippen molar-refractivity contribution in [2.24, 2.45) is 5.92 Å². The second-order valence-corrected chi connectivity index (χ2v) is 6.18. The van der Waals surface area contributed by atoms with Gasteiger partial charge in [-0.2, -0.15) is 0 Å². The number of likely N-dealkylation sites (N-methyl/N-ethyl adjacent to an activating group) is 1. The fourth-order valence-electron chi connectivity index (χ4n) is 2.98. The minimum absolute atomic E-state index is 0.582. The lowest BCUT2D eigenvalue weighted by Gasteiger charge is -2.37. The van der Waals surface area contributed by atoms with Gasteiger partial charge in [0.1, 0.15) is 0 Å². The number of benzene rings is 1. The van der Waals surface area contributed by atoms with Crippen LogP contribution in [0.5, 0.6) is 0 Å². The Bertz CT molecular complexity index is 355. The Hall–Kier alpha value is -1.02. The van der Waals surface area contributed by atoms with Gasteiger partial charge in [0.2, 0.25) is 0 Å². The first-order chi connectivity index (χ1) is 9.16. The quantitative estimate of drug-likeness (QED) is 0.861. The van der Waals surface area contributed by atoms with Gasteiger partial charge in [-0.25, -0.2) is 0 Å². The van der Waals surface area contributed by atoms with Crippen molar-refractivity contribution in [3.8, 4) is 0 Å². The maximum atomic E-state index is 3.53. The third-order valence-corrected chi connectivity index (χ3v) is 4.63. The van der Waals surface area contributed by atoms with Crippen LogP contribution in [0.15, 0.2) is 30.3 Å². The minimum atomic E-state index is 0.582. The van der Waals surface area contributed by atoms with Crippen molar-refractivity contribution >= 4 is 5.69 Å². The van der Waals surface area contributed by atoms with Crippen LogP contribution in [0.1, 0.15) is 39.5 Å². The monoisotopic (exact) mass is 260 g/mol. The van der Waals surface area contributed by atoms with E-state index in [1.807, 2.05) is 0 Å². The van der Waals surface area contributed by atoms with Crippen molar-refractivity contribution < 1.29 is 0 Å². The van der Waals surface area contributed by atoms with Gasteiger partial charge in [-0.3, -0.25) is 4.90 Å². The summed E-state index contributed by atoms with van der Waals surface area (Å²) in [6, 6.07) is 11.9. The molecule has 0 spiro atoms.